The van der Waals surface area contributed by atoms with E-state index in [0.717, 1.165) is 16.7 Å². The van der Waals surface area contributed by atoms with Crippen LogP contribution in [-0.4, -0.2) is 35.2 Å². The Hall–Kier alpha value is -2.02. The molecule has 2 rings (SSSR count). The van der Waals surface area contributed by atoms with E-state index in [9.17, 15) is 14.4 Å². The maximum absolute atomic E-state index is 12.1. The summed E-state index contributed by atoms with van der Waals surface area (Å²) in [7, 11) is 1.21. The van der Waals surface area contributed by atoms with Crippen LogP contribution in [0.25, 0.3) is 6.08 Å². The lowest BCUT2D eigenvalue weighted by Crippen LogP contribution is -2.42. The average molecular weight is 281 g/mol. The Bertz CT molecular complexity index is 548. The van der Waals surface area contributed by atoms with E-state index < -0.39 is 23.2 Å². The Kier molecular flexibility index (Phi) is 3.75. The molecule has 1 fully saturated rings. The van der Waals surface area contributed by atoms with Gasteiger partial charge in [-0.1, -0.05) is 0 Å². The zero-order valence-corrected chi connectivity index (χ0v) is 11.1. The minimum atomic E-state index is -0.937. The summed E-state index contributed by atoms with van der Waals surface area (Å²) in [6.07, 6.45) is 4.46. The second kappa shape index (κ2) is 5.31. The van der Waals surface area contributed by atoms with Gasteiger partial charge < -0.3 is 9.15 Å². The lowest BCUT2D eigenvalue weighted by Gasteiger charge is -2.18. The lowest BCUT2D eigenvalue weighted by molar-refractivity contribution is -0.148. The summed E-state index contributed by atoms with van der Waals surface area (Å²) < 4.78 is 9.41. The van der Waals surface area contributed by atoms with Crippen LogP contribution in [0.4, 0.5) is 4.79 Å². The van der Waals surface area contributed by atoms with Gasteiger partial charge in [-0.15, -0.1) is 0 Å². The molecule has 6 nitrogen and oxygen atoms in total. The minimum absolute atomic E-state index is 0.252. The van der Waals surface area contributed by atoms with Crippen molar-refractivity contribution >= 4 is 35.0 Å². The highest BCUT2D eigenvalue weighted by molar-refractivity contribution is 8.18. The van der Waals surface area contributed by atoms with Gasteiger partial charge in [0.2, 0.25) is 0 Å². The third kappa shape index (κ3) is 2.55. The fourth-order valence-electron chi connectivity index (χ4n) is 1.60. The molecule has 0 radical (unpaired) electrons. The van der Waals surface area contributed by atoms with Crippen molar-refractivity contribution in [1.29, 1.82) is 0 Å². The van der Waals surface area contributed by atoms with Crippen LogP contribution in [0.1, 0.15) is 12.5 Å². The molecule has 1 aromatic heterocycles. The number of amides is 2. The van der Waals surface area contributed by atoms with Gasteiger partial charge in [0.1, 0.15) is 6.04 Å². The highest BCUT2D eigenvalue weighted by Crippen LogP contribution is 2.33. The molecule has 0 saturated carbocycles. The number of thioether (sulfide) groups is 1. The first kappa shape index (κ1) is 13.4. The van der Waals surface area contributed by atoms with Gasteiger partial charge in [-0.3, -0.25) is 14.5 Å². The molecule has 100 valence electrons. The standard InChI is InChI=1S/C12H11NO5S/c1-7(11(15)17-2)13-10(14)9(19-12(13)16)5-8-3-4-18-6-8/h3-7H,1-2H3/b9-5+/t7-/m0/s1. The number of hydrogen-bond acceptors (Lipinski definition) is 6. The highest BCUT2D eigenvalue weighted by atomic mass is 32.2. The largest absolute Gasteiger partial charge is 0.472 e. The normalized spacial score (nSPS) is 19.1. The van der Waals surface area contributed by atoms with Crippen LogP contribution in [-0.2, 0) is 14.3 Å². The fraction of sp³-hybridized carbons (Fsp3) is 0.250. The topological polar surface area (TPSA) is 76.8 Å². The molecule has 0 aliphatic carbocycles. The van der Waals surface area contributed by atoms with Crippen molar-refractivity contribution in [2.75, 3.05) is 7.11 Å². The highest BCUT2D eigenvalue weighted by Gasteiger charge is 2.41. The van der Waals surface area contributed by atoms with E-state index in [1.807, 2.05) is 0 Å². The summed E-state index contributed by atoms with van der Waals surface area (Å²) in [5.74, 6) is -1.14. The number of carbonyl (C=O) groups excluding carboxylic acids is 3. The maximum Gasteiger partial charge on any atom is 0.328 e. The molecule has 7 heteroatoms. The SMILES string of the molecule is COC(=O)[C@H](C)N1C(=O)S/C(=C/c2ccoc2)C1=O. The number of imide groups is 1. The van der Waals surface area contributed by atoms with Gasteiger partial charge in [-0.25, -0.2) is 4.79 Å². The molecule has 1 aliphatic rings. The first-order chi connectivity index (χ1) is 9.04. The molecule has 0 spiro atoms. The minimum Gasteiger partial charge on any atom is -0.472 e. The van der Waals surface area contributed by atoms with Crippen LogP contribution in [0.5, 0.6) is 0 Å². The van der Waals surface area contributed by atoms with Crippen molar-refractivity contribution in [3.63, 3.8) is 0 Å². The van der Waals surface area contributed by atoms with E-state index in [2.05, 4.69) is 4.74 Å². The van der Waals surface area contributed by atoms with Crippen LogP contribution in [0, 0.1) is 0 Å². The molecule has 2 heterocycles. The smallest absolute Gasteiger partial charge is 0.328 e. The molecule has 1 atom stereocenters. The van der Waals surface area contributed by atoms with Gasteiger partial charge in [-0.2, -0.15) is 0 Å². The van der Waals surface area contributed by atoms with Crippen LogP contribution in [0.15, 0.2) is 27.9 Å². The Morgan fingerprint density at radius 1 is 1.53 bits per heavy atom. The van der Waals surface area contributed by atoms with E-state index in [4.69, 9.17) is 4.42 Å². The zero-order valence-electron chi connectivity index (χ0n) is 10.3. The van der Waals surface area contributed by atoms with E-state index >= 15 is 0 Å². The summed E-state index contributed by atoms with van der Waals surface area (Å²) in [6.45, 7) is 1.45. The van der Waals surface area contributed by atoms with Crippen molar-refractivity contribution < 1.29 is 23.5 Å². The van der Waals surface area contributed by atoms with E-state index in [1.54, 1.807) is 12.1 Å². The summed E-state index contributed by atoms with van der Waals surface area (Å²) in [5.41, 5.74) is 0.677. The van der Waals surface area contributed by atoms with Crippen molar-refractivity contribution in [1.82, 2.24) is 4.90 Å². The predicted molar refractivity (Wildman–Crippen MR) is 68.0 cm³/mol. The van der Waals surface area contributed by atoms with Gasteiger partial charge in [0.15, 0.2) is 0 Å². The lowest BCUT2D eigenvalue weighted by atomic mass is 10.2. The number of carbonyl (C=O) groups is 3. The number of nitrogens with zero attached hydrogens (tertiary/aromatic N) is 1. The van der Waals surface area contributed by atoms with Gasteiger partial charge in [-0.05, 0) is 30.8 Å². The second-order valence-corrected chi connectivity index (χ2v) is 4.80. The molecule has 0 N–H and O–H groups in total. The Morgan fingerprint density at radius 3 is 2.84 bits per heavy atom. The molecule has 1 aromatic rings. The van der Waals surface area contributed by atoms with Crippen LogP contribution < -0.4 is 0 Å². The van der Waals surface area contributed by atoms with Crippen molar-refractivity contribution in [3.8, 4) is 0 Å². The quantitative estimate of drug-likeness (QED) is 0.622. The molecule has 1 saturated heterocycles. The predicted octanol–water partition coefficient (Wildman–Crippen LogP) is 1.88. The molecule has 0 aromatic carbocycles. The Labute approximate surface area is 113 Å². The monoisotopic (exact) mass is 281 g/mol. The zero-order chi connectivity index (χ0) is 14.0. The Balaban J connectivity index is 2.24. The molecule has 0 unspecified atom stereocenters. The third-order valence-corrected chi connectivity index (χ3v) is 3.48. The summed E-state index contributed by atoms with van der Waals surface area (Å²) in [6, 6.07) is 0.727. The van der Waals surface area contributed by atoms with Crippen LogP contribution in [0.2, 0.25) is 0 Å². The van der Waals surface area contributed by atoms with E-state index in [-0.39, 0.29) is 4.91 Å². The van der Waals surface area contributed by atoms with Crippen LogP contribution in [0.3, 0.4) is 0 Å². The third-order valence-electron chi connectivity index (χ3n) is 2.59. The first-order valence-electron chi connectivity index (χ1n) is 5.41. The van der Waals surface area contributed by atoms with Crippen molar-refractivity contribution in [2.24, 2.45) is 0 Å². The van der Waals surface area contributed by atoms with Crippen molar-refractivity contribution in [2.45, 2.75) is 13.0 Å². The summed E-state index contributed by atoms with van der Waals surface area (Å²) >= 11 is 0.785. The second-order valence-electron chi connectivity index (χ2n) is 3.81. The van der Waals surface area contributed by atoms with Gasteiger partial charge >= 0.3 is 5.97 Å². The van der Waals surface area contributed by atoms with Gasteiger partial charge in [0, 0.05) is 5.56 Å². The average Bonchev–Trinajstić information content (AvgIpc) is 2.98. The number of methoxy groups -OCH3 is 1. The molecule has 1 aliphatic heterocycles. The van der Waals surface area contributed by atoms with E-state index in [0.29, 0.717) is 5.56 Å². The molecule has 19 heavy (non-hydrogen) atoms. The number of esters is 1. The first-order valence-corrected chi connectivity index (χ1v) is 6.23. The van der Waals surface area contributed by atoms with Gasteiger partial charge in [0.25, 0.3) is 11.1 Å². The summed E-state index contributed by atoms with van der Waals surface area (Å²) in [5, 5.41) is -0.488. The number of furan rings is 1. The maximum atomic E-state index is 12.1. The van der Waals surface area contributed by atoms with Crippen molar-refractivity contribution in [3.05, 3.63) is 29.1 Å². The number of ether oxygens (including phenoxy) is 1. The number of hydrogen-bond donors (Lipinski definition) is 0. The van der Waals surface area contributed by atoms with Crippen LogP contribution >= 0.6 is 11.8 Å². The fourth-order valence-corrected chi connectivity index (χ4v) is 2.51. The van der Waals surface area contributed by atoms with Gasteiger partial charge in [0.05, 0.1) is 24.5 Å². The molecular weight excluding hydrogens is 270 g/mol. The van der Waals surface area contributed by atoms with E-state index in [1.165, 1.54) is 26.6 Å². The molecule has 0 bridgehead atoms. The Morgan fingerprint density at radius 2 is 2.26 bits per heavy atom. The number of rotatable bonds is 3. The summed E-state index contributed by atoms with van der Waals surface area (Å²) in [4.78, 5) is 36.4. The molecule has 2 amide bonds. The molecular formula is C12H11NO5S.